The summed E-state index contributed by atoms with van der Waals surface area (Å²) < 4.78 is 5.27. The molecule has 3 atom stereocenters. The first-order valence-electron chi connectivity index (χ1n) is 9.13. The molecule has 6 nitrogen and oxygen atoms in total. The monoisotopic (exact) mass is 380 g/mol. The van der Waals surface area contributed by atoms with Crippen molar-refractivity contribution in [1.82, 2.24) is 14.9 Å². The lowest BCUT2D eigenvalue weighted by Crippen LogP contribution is -2.36. The van der Waals surface area contributed by atoms with Crippen molar-refractivity contribution in [3.63, 3.8) is 0 Å². The number of nitrogens with zero attached hydrogens (tertiary/aromatic N) is 4. The lowest BCUT2D eigenvalue weighted by Gasteiger charge is -2.29. The zero-order valence-electron chi connectivity index (χ0n) is 15.0. The number of likely N-dealkylation sites (tertiary alicyclic amines) is 1. The lowest BCUT2D eigenvalue weighted by molar-refractivity contribution is 0.0709. The van der Waals surface area contributed by atoms with E-state index in [9.17, 15) is 4.79 Å². The number of thiazole rings is 1. The summed E-state index contributed by atoms with van der Waals surface area (Å²) in [7, 11) is 0. The van der Waals surface area contributed by atoms with Crippen LogP contribution in [-0.4, -0.2) is 40.4 Å². The van der Waals surface area contributed by atoms with Gasteiger partial charge in [0.05, 0.1) is 6.04 Å². The van der Waals surface area contributed by atoms with E-state index in [-0.39, 0.29) is 11.9 Å². The molecule has 0 aliphatic carbocycles. The zero-order valence-corrected chi connectivity index (χ0v) is 15.8. The standard InChI is InChI=1S/C20H20N4O2S/c1-13-22-17(12-26-13)19(25)24-10-15-9-23(20-21-7-8-27-20)11-16(15)18(24)14-5-3-2-4-6-14/h2-8,12,15-16,18H,9-11H2,1H3/t15-,16-,18+/m0/s1. The predicted octanol–water partition coefficient (Wildman–Crippen LogP) is 3.39. The van der Waals surface area contributed by atoms with Crippen LogP contribution in [0.2, 0.25) is 0 Å². The molecule has 0 saturated carbocycles. The quantitative estimate of drug-likeness (QED) is 0.697. The minimum absolute atomic E-state index is 0.0455. The van der Waals surface area contributed by atoms with Gasteiger partial charge in [-0.05, 0) is 5.56 Å². The summed E-state index contributed by atoms with van der Waals surface area (Å²) in [4.78, 5) is 26.2. The second-order valence-electron chi connectivity index (χ2n) is 7.21. The van der Waals surface area contributed by atoms with E-state index in [0.29, 0.717) is 23.4 Å². The van der Waals surface area contributed by atoms with Crippen LogP contribution in [0.15, 0.2) is 52.6 Å². The van der Waals surface area contributed by atoms with Gasteiger partial charge in [-0.2, -0.15) is 0 Å². The Bertz CT molecular complexity index is 940. The molecular formula is C20H20N4O2S. The molecule has 2 saturated heterocycles. The van der Waals surface area contributed by atoms with Crippen molar-refractivity contribution in [3.8, 4) is 0 Å². The van der Waals surface area contributed by atoms with Gasteiger partial charge in [-0.15, -0.1) is 11.3 Å². The molecule has 0 spiro atoms. The summed E-state index contributed by atoms with van der Waals surface area (Å²) >= 11 is 1.67. The summed E-state index contributed by atoms with van der Waals surface area (Å²) in [6, 6.07) is 10.4. The summed E-state index contributed by atoms with van der Waals surface area (Å²) in [6.45, 7) is 4.34. The fourth-order valence-corrected chi connectivity index (χ4v) is 5.13. The van der Waals surface area contributed by atoms with Gasteiger partial charge >= 0.3 is 0 Å². The number of hydrogen-bond acceptors (Lipinski definition) is 6. The van der Waals surface area contributed by atoms with Crippen LogP contribution in [-0.2, 0) is 0 Å². The van der Waals surface area contributed by atoms with Crippen LogP contribution in [0.4, 0.5) is 5.13 Å². The molecule has 0 N–H and O–H groups in total. The van der Waals surface area contributed by atoms with E-state index in [2.05, 4.69) is 27.0 Å². The summed E-state index contributed by atoms with van der Waals surface area (Å²) in [5.74, 6) is 1.28. The number of oxazole rings is 1. The van der Waals surface area contributed by atoms with Gasteiger partial charge in [-0.25, -0.2) is 9.97 Å². The topological polar surface area (TPSA) is 62.5 Å². The molecule has 1 amide bonds. The first-order chi connectivity index (χ1) is 13.2. The molecule has 2 aromatic heterocycles. The Morgan fingerprint density at radius 1 is 1.22 bits per heavy atom. The van der Waals surface area contributed by atoms with Crippen LogP contribution in [0, 0.1) is 18.8 Å². The minimum atomic E-state index is -0.0455. The number of hydrogen-bond donors (Lipinski definition) is 0. The summed E-state index contributed by atoms with van der Waals surface area (Å²) in [5, 5.41) is 3.09. The maximum Gasteiger partial charge on any atom is 0.276 e. The largest absolute Gasteiger partial charge is 0.448 e. The Morgan fingerprint density at radius 3 is 2.78 bits per heavy atom. The van der Waals surface area contributed by atoms with Crippen molar-refractivity contribution in [2.45, 2.75) is 13.0 Å². The van der Waals surface area contributed by atoms with Crippen molar-refractivity contribution in [1.29, 1.82) is 0 Å². The third kappa shape index (κ3) is 2.82. The van der Waals surface area contributed by atoms with Gasteiger partial charge in [-0.3, -0.25) is 4.79 Å². The number of aryl methyl sites for hydroxylation is 1. The molecule has 138 valence electrons. The van der Waals surface area contributed by atoms with Crippen LogP contribution in [0.1, 0.15) is 28.0 Å². The third-order valence-electron chi connectivity index (χ3n) is 5.59. The molecular weight excluding hydrogens is 360 g/mol. The number of amides is 1. The number of carbonyl (C=O) groups is 1. The van der Waals surface area contributed by atoms with Crippen molar-refractivity contribution in [3.05, 3.63) is 65.3 Å². The first kappa shape index (κ1) is 16.5. The molecule has 0 unspecified atom stereocenters. The fraction of sp³-hybridized carbons (Fsp3) is 0.350. The smallest absolute Gasteiger partial charge is 0.276 e. The van der Waals surface area contributed by atoms with E-state index in [1.807, 2.05) is 34.7 Å². The maximum absolute atomic E-state index is 13.2. The van der Waals surface area contributed by atoms with Gasteiger partial charge in [-0.1, -0.05) is 30.3 Å². The summed E-state index contributed by atoms with van der Waals surface area (Å²) in [6.07, 6.45) is 3.32. The minimum Gasteiger partial charge on any atom is -0.448 e. The number of benzene rings is 1. The van der Waals surface area contributed by atoms with Crippen LogP contribution in [0.25, 0.3) is 0 Å². The van der Waals surface area contributed by atoms with E-state index in [4.69, 9.17) is 4.42 Å². The Hall–Kier alpha value is -2.67. The fourth-order valence-electron chi connectivity index (χ4n) is 4.47. The first-order valence-corrected chi connectivity index (χ1v) is 10.0. The molecule has 1 aromatic carbocycles. The van der Waals surface area contributed by atoms with E-state index < -0.39 is 0 Å². The summed E-state index contributed by atoms with van der Waals surface area (Å²) in [5.41, 5.74) is 1.57. The third-order valence-corrected chi connectivity index (χ3v) is 6.43. The van der Waals surface area contributed by atoms with E-state index in [0.717, 1.165) is 24.8 Å². The molecule has 2 aliphatic heterocycles. The van der Waals surface area contributed by atoms with Crippen LogP contribution in [0.3, 0.4) is 0 Å². The van der Waals surface area contributed by atoms with Gasteiger partial charge in [0, 0.05) is 50.0 Å². The maximum atomic E-state index is 13.2. The highest BCUT2D eigenvalue weighted by molar-refractivity contribution is 7.13. The second-order valence-corrected chi connectivity index (χ2v) is 8.08. The molecule has 27 heavy (non-hydrogen) atoms. The number of carbonyl (C=O) groups excluding carboxylic acids is 1. The van der Waals surface area contributed by atoms with Crippen LogP contribution < -0.4 is 4.90 Å². The number of anilines is 1. The molecule has 0 radical (unpaired) electrons. The zero-order chi connectivity index (χ0) is 18.4. The van der Waals surface area contributed by atoms with Crippen molar-refractivity contribution >= 4 is 22.4 Å². The highest BCUT2D eigenvalue weighted by Crippen LogP contribution is 2.46. The lowest BCUT2D eigenvalue weighted by atomic mass is 9.89. The Morgan fingerprint density at radius 2 is 2.07 bits per heavy atom. The van der Waals surface area contributed by atoms with Crippen molar-refractivity contribution < 1.29 is 9.21 Å². The van der Waals surface area contributed by atoms with E-state index >= 15 is 0 Å². The normalized spacial score (nSPS) is 24.4. The molecule has 5 rings (SSSR count). The highest BCUT2D eigenvalue weighted by atomic mass is 32.1. The van der Waals surface area contributed by atoms with Crippen LogP contribution >= 0.6 is 11.3 Å². The number of fused-ring (bicyclic) bond motifs is 1. The van der Waals surface area contributed by atoms with Gasteiger partial charge in [0.1, 0.15) is 6.26 Å². The van der Waals surface area contributed by atoms with Gasteiger partial charge in [0.15, 0.2) is 16.7 Å². The Balaban J connectivity index is 1.47. The molecule has 4 heterocycles. The average molecular weight is 380 g/mol. The Kier molecular flexibility index (Phi) is 3.97. The van der Waals surface area contributed by atoms with Crippen molar-refractivity contribution in [2.24, 2.45) is 11.8 Å². The van der Waals surface area contributed by atoms with Crippen LogP contribution in [0.5, 0.6) is 0 Å². The number of aromatic nitrogens is 2. The molecule has 2 aliphatic rings. The predicted molar refractivity (Wildman–Crippen MR) is 103 cm³/mol. The second kappa shape index (κ2) is 6.49. The van der Waals surface area contributed by atoms with E-state index in [1.54, 1.807) is 18.3 Å². The van der Waals surface area contributed by atoms with Crippen molar-refractivity contribution in [2.75, 3.05) is 24.5 Å². The van der Waals surface area contributed by atoms with Gasteiger partial charge < -0.3 is 14.2 Å². The average Bonchev–Trinajstić information content (AvgIpc) is 3.44. The number of rotatable bonds is 3. The molecule has 7 heteroatoms. The van der Waals surface area contributed by atoms with Gasteiger partial charge in [0.2, 0.25) is 0 Å². The van der Waals surface area contributed by atoms with Gasteiger partial charge in [0.25, 0.3) is 5.91 Å². The molecule has 0 bridgehead atoms. The SMILES string of the molecule is Cc1nc(C(=O)N2C[C@@H]3CN(c4nccs4)C[C@@H]3[C@H]2c2ccccc2)co1. The van der Waals surface area contributed by atoms with E-state index in [1.165, 1.54) is 11.8 Å². The Labute approximate surface area is 161 Å². The molecule has 2 fully saturated rings. The molecule has 3 aromatic rings. The highest BCUT2D eigenvalue weighted by Gasteiger charge is 2.50.